The van der Waals surface area contributed by atoms with Crippen LogP contribution >= 0.6 is 0 Å². The summed E-state index contributed by atoms with van der Waals surface area (Å²) in [5.74, 6) is 2.73. The Labute approximate surface area is 180 Å². The molecule has 0 fully saturated rings. The molecule has 0 saturated carbocycles. The van der Waals surface area contributed by atoms with Gasteiger partial charge < -0.3 is 20.3 Å². The van der Waals surface area contributed by atoms with E-state index in [9.17, 15) is 10.2 Å². The van der Waals surface area contributed by atoms with Gasteiger partial charge in [-0.1, -0.05) is 24.3 Å². The number of rotatable bonds is 7. The van der Waals surface area contributed by atoms with Crippen LogP contribution in [-0.2, 0) is 12.8 Å². The number of methoxy groups -OCH3 is 1. The van der Waals surface area contributed by atoms with E-state index in [1.54, 1.807) is 43.5 Å². The van der Waals surface area contributed by atoms with Gasteiger partial charge in [0.15, 0.2) is 0 Å². The first-order chi connectivity index (χ1) is 15.1. The number of hydrogen-bond donors (Lipinski definition) is 3. The monoisotopic (exact) mass is 414 g/mol. The Balaban J connectivity index is 1.64. The van der Waals surface area contributed by atoms with Crippen molar-refractivity contribution in [1.29, 1.82) is 0 Å². The molecule has 7 heteroatoms. The molecule has 0 spiro atoms. The molecule has 0 radical (unpaired) electrons. The summed E-state index contributed by atoms with van der Waals surface area (Å²) in [6, 6.07) is 21.5. The Morgan fingerprint density at radius 3 is 1.77 bits per heavy atom. The van der Waals surface area contributed by atoms with Crippen molar-refractivity contribution in [2.75, 3.05) is 12.4 Å². The quantitative estimate of drug-likeness (QED) is 0.416. The topological polar surface area (TPSA) is 100 Å². The number of nitrogens with one attached hydrogen (secondary N) is 1. The van der Waals surface area contributed by atoms with Gasteiger partial charge in [-0.3, -0.25) is 0 Å². The molecule has 7 nitrogen and oxygen atoms in total. The molecule has 31 heavy (non-hydrogen) atoms. The number of anilines is 2. The number of aromatic nitrogens is 3. The highest BCUT2D eigenvalue weighted by molar-refractivity contribution is 5.54. The van der Waals surface area contributed by atoms with Crippen LogP contribution in [0.3, 0.4) is 0 Å². The van der Waals surface area contributed by atoms with E-state index in [0.29, 0.717) is 30.4 Å². The van der Waals surface area contributed by atoms with Crippen molar-refractivity contribution in [1.82, 2.24) is 15.0 Å². The van der Waals surface area contributed by atoms with Crippen molar-refractivity contribution in [3.8, 4) is 17.2 Å². The fourth-order valence-electron chi connectivity index (χ4n) is 3.18. The largest absolute Gasteiger partial charge is 0.508 e. The second-order valence-corrected chi connectivity index (χ2v) is 7.04. The fourth-order valence-corrected chi connectivity index (χ4v) is 3.18. The van der Waals surface area contributed by atoms with Crippen LogP contribution in [0.2, 0.25) is 0 Å². The summed E-state index contributed by atoms with van der Waals surface area (Å²) in [4.78, 5) is 13.7. The first kappa shape index (κ1) is 20.2. The first-order valence-corrected chi connectivity index (χ1v) is 9.78. The highest BCUT2D eigenvalue weighted by Crippen LogP contribution is 2.20. The van der Waals surface area contributed by atoms with Gasteiger partial charge in [0.25, 0.3) is 0 Å². The maximum Gasteiger partial charge on any atom is 0.230 e. The molecule has 3 aromatic carbocycles. The number of nitrogens with zero attached hydrogens (tertiary/aromatic N) is 3. The Morgan fingerprint density at radius 2 is 1.29 bits per heavy atom. The van der Waals surface area contributed by atoms with Crippen molar-refractivity contribution in [2.45, 2.75) is 12.8 Å². The molecule has 0 bridgehead atoms. The van der Waals surface area contributed by atoms with Gasteiger partial charge in [0, 0.05) is 18.5 Å². The predicted octanol–water partition coefficient (Wildman–Crippen LogP) is 4.22. The molecular formula is C24H22N4O3. The third-order valence-electron chi connectivity index (χ3n) is 4.62. The fraction of sp³-hybridized carbons (Fsp3) is 0.125. The summed E-state index contributed by atoms with van der Waals surface area (Å²) in [6.07, 6.45) is 0.891. The Kier molecular flexibility index (Phi) is 5.93. The predicted molar refractivity (Wildman–Crippen MR) is 118 cm³/mol. The van der Waals surface area contributed by atoms with Crippen LogP contribution in [0.15, 0.2) is 72.8 Å². The minimum Gasteiger partial charge on any atom is -0.508 e. The van der Waals surface area contributed by atoms with Crippen molar-refractivity contribution >= 4 is 11.6 Å². The third-order valence-corrected chi connectivity index (χ3v) is 4.62. The third kappa shape index (κ3) is 5.48. The minimum absolute atomic E-state index is 0.197. The summed E-state index contributed by atoms with van der Waals surface area (Å²) in [6.45, 7) is 0. The Hall–Kier alpha value is -4.13. The normalized spacial score (nSPS) is 10.6. The summed E-state index contributed by atoms with van der Waals surface area (Å²) in [5, 5.41) is 22.7. The lowest BCUT2D eigenvalue weighted by molar-refractivity contribution is 0.415. The van der Waals surface area contributed by atoms with Gasteiger partial charge in [-0.2, -0.15) is 9.97 Å². The van der Waals surface area contributed by atoms with E-state index in [4.69, 9.17) is 4.74 Å². The SMILES string of the molecule is COc1ccc(Nc2nc(Cc3cccc(O)c3)nc(Cc3cccc(O)c3)n2)cc1. The number of benzene rings is 3. The molecular weight excluding hydrogens is 392 g/mol. The maximum atomic E-state index is 9.76. The first-order valence-electron chi connectivity index (χ1n) is 9.78. The van der Waals surface area contributed by atoms with Gasteiger partial charge in [0.05, 0.1) is 7.11 Å². The van der Waals surface area contributed by atoms with Gasteiger partial charge in [0.2, 0.25) is 5.95 Å². The van der Waals surface area contributed by atoms with Crippen LogP contribution in [0, 0.1) is 0 Å². The lowest BCUT2D eigenvalue weighted by Crippen LogP contribution is -2.09. The number of aromatic hydroxyl groups is 2. The van der Waals surface area contributed by atoms with E-state index in [2.05, 4.69) is 20.3 Å². The van der Waals surface area contributed by atoms with Gasteiger partial charge in [-0.25, -0.2) is 4.98 Å². The highest BCUT2D eigenvalue weighted by atomic mass is 16.5. The van der Waals surface area contributed by atoms with Gasteiger partial charge in [-0.05, 0) is 59.7 Å². The lowest BCUT2D eigenvalue weighted by Gasteiger charge is -2.10. The van der Waals surface area contributed by atoms with Crippen LogP contribution in [0.4, 0.5) is 11.6 Å². The van der Waals surface area contributed by atoms with Gasteiger partial charge in [-0.15, -0.1) is 0 Å². The highest BCUT2D eigenvalue weighted by Gasteiger charge is 2.10. The second-order valence-electron chi connectivity index (χ2n) is 7.04. The zero-order valence-corrected chi connectivity index (χ0v) is 17.0. The van der Waals surface area contributed by atoms with Crippen molar-refractivity contribution in [2.24, 2.45) is 0 Å². The van der Waals surface area contributed by atoms with E-state index in [-0.39, 0.29) is 11.5 Å². The van der Waals surface area contributed by atoms with Crippen LogP contribution in [-0.4, -0.2) is 32.3 Å². The average Bonchev–Trinajstić information content (AvgIpc) is 2.74. The molecule has 4 rings (SSSR count). The molecule has 1 aromatic heterocycles. The summed E-state index contributed by atoms with van der Waals surface area (Å²) in [5.41, 5.74) is 2.61. The average molecular weight is 414 g/mol. The zero-order valence-electron chi connectivity index (χ0n) is 17.0. The molecule has 0 aliphatic rings. The second kappa shape index (κ2) is 9.13. The van der Waals surface area contributed by atoms with Crippen molar-refractivity contribution in [3.05, 3.63) is 95.6 Å². The van der Waals surface area contributed by atoms with Crippen molar-refractivity contribution in [3.63, 3.8) is 0 Å². The van der Waals surface area contributed by atoms with Gasteiger partial charge in [0.1, 0.15) is 28.9 Å². The Bertz CT molecular complexity index is 1110. The van der Waals surface area contributed by atoms with E-state index in [0.717, 1.165) is 22.6 Å². The van der Waals surface area contributed by atoms with E-state index in [1.165, 1.54) is 0 Å². The molecule has 0 saturated heterocycles. The maximum absolute atomic E-state index is 9.76. The van der Waals surface area contributed by atoms with Crippen LogP contribution in [0.5, 0.6) is 17.2 Å². The zero-order chi connectivity index (χ0) is 21.6. The molecule has 4 aromatic rings. The van der Waals surface area contributed by atoms with E-state index < -0.39 is 0 Å². The smallest absolute Gasteiger partial charge is 0.230 e. The minimum atomic E-state index is 0.197. The molecule has 0 unspecified atom stereocenters. The Morgan fingerprint density at radius 1 is 0.742 bits per heavy atom. The van der Waals surface area contributed by atoms with Crippen LogP contribution in [0.25, 0.3) is 0 Å². The summed E-state index contributed by atoms with van der Waals surface area (Å²) < 4.78 is 5.20. The van der Waals surface area contributed by atoms with E-state index in [1.807, 2.05) is 36.4 Å². The summed E-state index contributed by atoms with van der Waals surface area (Å²) in [7, 11) is 1.62. The summed E-state index contributed by atoms with van der Waals surface area (Å²) >= 11 is 0. The van der Waals surface area contributed by atoms with E-state index >= 15 is 0 Å². The van der Waals surface area contributed by atoms with Crippen molar-refractivity contribution < 1.29 is 14.9 Å². The molecule has 1 heterocycles. The standard InChI is InChI=1S/C24H22N4O3/c1-31-21-10-8-18(9-11-21)25-24-27-22(14-16-4-2-6-19(29)12-16)26-23(28-24)15-17-5-3-7-20(30)13-17/h2-13,29-30H,14-15H2,1H3,(H,25,26,27,28). The van der Waals surface area contributed by atoms with Gasteiger partial charge >= 0.3 is 0 Å². The number of phenolic OH excluding ortho intramolecular Hbond substituents is 2. The molecule has 3 N–H and O–H groups in total. The lowest BCUT2D eigenvalue weighted by atomic mass is 10.1. The molecule has 0 aliphatic carbocycles. The van der Waals surface area contributed by atoms with Crippen LogP contribution in [0.1, 0.15) is 22.8 Å². The number of phenols is 2. The number of hydrogen-bond acceptors (Lipinski definition) is 7. The van der Waals surface area contributed by atoms with Crippen LogP contribution < -0.4 is 10.1 Å². The molecule has 0 aliphatic heterocycles. The molecule has 156 valence electrons. The molecule has 0 atom stereocenters. The molecule has 0 amide bonds. The number of ether oxygens (including phenoxy) is 1.